The lowest BCUT2D eigenvalue weighted by molar-refractivity contribution is 0.0954. The number of aromatic nitrogens is 1. The van der Waals surface area contributed by atoms with Gasteiger partial charge in [0.05, 0.1) is 31.0 Å². The van der Waals surface area contributed by atoms with Gasteiger partial charge in [-0.15, -0.1) is 11.3 Å². The molecule has 1 N–H and O–H groups in total. The van der Waals surface area contributed by atoms with Crippen LogP contribution in [0.25, 0.3) is 10.1 Å². The molecule has 0 aliphatic rings. The molecule has 2 heterocycles. The molecule has 2 aromatic heterocycles. The Morgan fingerprint density at radius 2 is 1.84 bits per heavy atom. The molecule has 4 rings (SSSR count). The molecule has 2 aromatic carbocycles. The summed E-state index contributed by atoms with van der Waals surface area (Å²) in [5, 5.41) is 3.45. The Hall–Kier alpha value is -3.58. The van der Waals surface area contributed by atoms with E-state index in [-0.39, 0.29) is 18.0 Å². The van der Waals surface area contributed by atoms with Gasteiger partial charge in [-0.25, -0.2) is 0 Å². The fraction of sp³-hybridized carbons (Fsp3) is 0.167. The number of nitrogens with one attached hydrogen (secondary N) is 1. The minimum absolute atomic E-state index is 0.105. The molecule has 0 unspecified atom stereocenters. The van der Waals surface area contributed by atoms with Crippen LogP contribution in [0.15, 0.2) is 71.7 Å². The van der Waals surface area contributed by atoms with Crippen LogP contribution in [-0.4, -0.2) is 24.7 Å². The number of carbonyl (C=O) groups excluding carboxylic acids is 1. The van der Waals surface area contributed by atoms with Crippen molar-refractivity contribution in [3.05, 3.63) is 93.2 Å². The van der Waals surface area contributed by atoms with E-state index in [0.717, 1.165) is 15.8 Å². The van der Waals surface area contributed by atoms with E-state index < -0.39 is 0 Å². The van der Waals surface area contributed by atoms with E-state index in [0.29, 0.717) is 28.3 Å². The molecule has 0 spiro atoms. The van der Waals surface area contributed by atoms with Gasteiger partial charge in [0.2, 0.25) is 0 Å². The Bertz CT molecular complexity index is 1280. The monoisotopic (exact) mass is 434 g/mol. The summed E-state index contributed by atoms with van der Waals surface area (Å²) in [6.45, 7) is 0.772. The summed E-state index contributed by atoms with van der Waals surface area (Å²) in [6.07, 6.45) is 1.77. The minimum Gasteiger partial charge on any atom is -0.497 e. The Balaban J connectivity index is 1.54. The van der Waals surface area contributed by atoms with Crippen LogP contribution in [0.3, 0.4) is 0 Å². The summed E-state index contributed by atoms with van der Waals surface area (Å²) >= 11 is 1.31. The molecular weight excluding hydrogens is 412 g/mol. The van der Waals surface area contributed by atoms with Crippen molar-refractivity contribution in [2.24, 2.45) is 0 Å². The first-order valence-corrected chi connectivity index (χ1v) is 10.6. The SMILES string of the molecule is COc1ccc(OC)c(CNC(=O)c2cc3c(=O)n(Cc4ccccc4)ccc3s2)c1. The molecule has 0 radical (unpaired) electrons. The van der Waals surface area contributed by atoms with Crippen molar-refractivity contribution in [2.75, 3.05) is 14.2 Å². The van der Waals surface area contributed by atoms with Gasteiger partial charge in [-0.3, -0.25) is 9.59 Å². The van der Waals surface area contributed by atoms with Crippen molar-refractivity contribution in [2.45, 2.75) is 13.1 Å². The first kappa shape index (κ1) is 20.7. The second-order valence-electron chi connectivity index (χ2n) is 6.98. The number of ether oxygens (including phenoxy) is 2. The zero-order chi connectivity index (χ0) is 21.8. The zero-order valence-corrected chi connectivity index (χ0v) is 18.1. The number of pyridine rings is 1. The number of hydrogen-bond donors (Lipinski definition) is 1. The Morgan fingerprint density at radius 3 is 2.58 bits per heavy atom. The van der Waals surface area contributed by atoms with Gasteiger partial charge in [0, 0.05) is 23.0 Å². The molecule has 6 nitrogen and oxygen atoms in total. The van der Waals surface area contributed by atoms with E-state index in [1.165, 1.54) is 11.3 Å². The number of nitrogens with zero attached hydrogens (tertiary/aromatic N) is 1. The van der Waals surface area contributed by atoms with E-state index in [9.17, 15) is 9.59 Å². The third kappa shape index (κ3) is 4.46. The van der Waals surface area contributed by atoms with Crippen LogP contribution < -0.4 is 20.3 Å². The Kier molecular flexibility index (Phi) is 6.04. The van der Waals surface area contributed by atoms with Crippen LogP contribution >= 0.6 is 11.3 Å². The molecule has 0 fully saturated rings. The topological polar surface area (TPSA) is 69.6 Å². The minimum atomic E-state index is -0.236. The van der Waals surface area contributed by atoms with E-state index in [1.54, 1.807) is 43.2 Å². The molecule has 0 atom stereocenters. The molecule has 0 aliphatic carbocycles. The summed E-state index contributed by atoms with van der Waals surface area (Å²) in [4.78, 5) is 26.1. The quantitative estimate of drug-likeness (QED) is 0.476. The number of amides is 1. The largest absolute Gasteiger partial charge is 0.497 e. The van der Waals surface area contributed by atoms with Gasteiger partial charge in [0.15, 0.2) is 0 Å². The van der Waals surface area contributed by atoms with Crippen LogP contribution in [0, 0.1) is 0 Å². The second-order valence-corrected chi connectivity index (χ2v) is 8.07. The molecule has 1 amide bonds. The summed E-state index contributed by atoms with van der Waals surface area (Å²) in [7, 11) is 3.17. The number of methoxy groups -OCH3 is 2. The highest BCUT2D eigenvalue weighted by Crippen LogP contribution is 2.25. The highest BCUT2D eigenvalue weighted by molar-refractivity contribution is 7.20. The highest BCUT2D eigenvalue weighted by atomic mass is 32.1. The van der Waals surface area contributed by atoms with Gasteiger partial charge >= 0.3 is 0 Å². The fourth-order valence-corrected chi connectivity index (χ4v) is 4.34. The Morgan fingerprint density at radius 1 is 1.03 bits per heavy atom. The molecule has 0 bridgehead atoms. The van der Waals surface area contributed by atoms with Crippen LogP contribution in [0.5, 0.6) is 11.5 Å². The number of thiophene rings is 1. The van der Waals surface area contributed by atoms with E-state index in [1.807, 2.05) is 42.5 Å². The average molecular weight is 435 g/mol. The van der Waals surface area contributed by atoms with E-state index >= 15 is 0 Å². The summed E-state index contributed by atoms with van der Waals surface area (Å²) < 4.78 is 13.1. The van der Waals surface area contributed by atoms with Crippen molar-refractivity contribution in [3.8, 4) is 11.5 Å². The van der Waals surface area contributed by atoms with Crippen molar-refractivity contribution in [1.82, 2.24) is 9.88 Å². The van der Waals surface area contributed by atoms with Gasteiger partial charge in [0.1, 0.15) is 11.5 Å². The van der Waals surface area contributed by atoms with Crippen molar-refractivity contribution < 1.29 is 14.3 Å². The zero-order valence-electron chi connectivity index (χ0n) is 17.3. The molecule has 4 aromatic rings. The van der Waals surface area contributed by atoms with Crippen molar-refractivity contribution >= 4 is 27.3 Å². The number of benzene rings is 2. The maximum Gasteiger partial charge on any atom is 0.261 e. The lowest BCUT2D eigenvalue weighted by Gasteiger charge is -2.11. The smallest absolute Gasteiger partial charge is 0.261 e. The van der Waals surface area contributed by atoms with Gasteiger partial charge in [-0.1, -0.05) is 30.3 Å². The van der Waals surface area contributed by atoms with Crippen LogP contribution in [-0.2, 0) is 13.1 Å². The normalized spacial score (nSPS) is 10.8. The molecule has 0 saturated carbocycles. The summed E-state index contributed by atoms with van der Waals surface area (Å²) in [5.41, 5.74) is 1.75. The third-order valence-corrected chi connectivity index (χ3v) is 6.10. The van der Waals surface area contributed by atoms with Gasteiger partial charge in [0.25, 0.3) is 11.5 Å². The molecular formula is C24H22N2O4S. The lowest BCUT2D eigenvalue weighted by atomic mass is 10.2. The van der Waals surface area contributed by atoms with Crippen LogP contribution in [0.4, 0.5) is 0 Å². The predicted octanol–water partition coefficient (Wildman–Crippen LogP) is 4.06. The fourth-order valence-electron chi connectivity index (χ4n) is 3.38. The first-order chi connectivity index (χ1) is 15.1. The average Bonchev–Trinajstić information content (AvgIpc) is 3.25. The first-order valence-electron chi connectivity index (χ1n) is 9.75. The van der Waals surface area contributed by atoms with Crippen molar-refractivity contribution in [1.29, 1.82) is 0 Å². The molecule has 0 saturated heterocycles. The molecule has 7 heteroatoms. The molecule has 0 aliphatic heterocycles. The molecule has 158 valence electrons. The van der Waals surface area contributed by atoms with Gasteiger partial charge in [-0.2, -0.15) is 0 Å². The highest BCUT2D eigenvalue weighted by Gasteiger charge is 2.14. The van der Waals surface area contributed by atoms with Crippen LogP contribution in [0.1, 0.15) is 20.8 Å². The Labute approximate surface area is 183 Å². The number of fused-ring (bicyclic) bond motifs is 1. The number of hydrogen-bond acceptors (Lipinski definition) is 5. The summed E-state index contributed by atoms with van der Waals surface area (Å²) in [5.74, 6) is 1.12. The predicted molar refractivity (Wildman–Crippen MR) is 122 cm³/mol. The van der Waals surface area contributed by atoms with Gasteiger partial charge < -0.3 is 19.4 Å². The third-order valence-electron chi connectivity index (χ3n) is 5.00. The number of carbonyl (C=O) groups is 1. The van der Waals surface area contributed by atoms with E-state index in [4.69, 9.17) is 9.47 Å². The van der Waals surface area contributed by atoms with E-state index in [2.05, 4.69) is 5.32 Å². The van der Waals surface area contributed by atoms with Gasteiger partial charge in [-0.05, 0) is 35.9 Å². The maximum absolute atomic E-state index is 12.9. The van der Waals surface area contributed by atoms with Crippen molar-refractivity contribution in [3.63, 3.8) is 0 Å². The maximum atomic E-state index is 12.9. The summed E-state index contributed by atoms with van der Waals surface area (Å²) in [6, 6.07) is 18.8. The van der Waals surface area contributed by atoms with Crippen LogP contribution in [0.2, 0.25) is 0 Å². The lowest BCUT2D eigenvalue weighted by Crippen LogP contribution is -2.22. The number of rotatable bonds is 7. The second kappa shape index (κ2) is 9.06. The standard InChI is InChI=1S/C24H22N2O4S/c1-29-18-8-9-20(30-2)17(12-18)14-25-23(27)22-13-19-21(31-22)10-11-26(24(19)28)15-16-6-4-3-5-7-16/h3-13H,14-15H2,1-2H3,(H,25,27). The molecule has 31 heavy (non-hydrogen) atoms.